The van der Waals surface area contributed by atoms with E-state index in [1.54, 1.807) is 0 Å². The predicted molar refractivity (Wildman–Crippen MR) is 266 cm³/mol. The zero-order valence-electron chi connectivity index (χ0n) is 60.0. The van der Waals surface area contributed by atoms with Crippen molar-refractivity contribution in [3.8, 4) is 0 Å². The van der Waals surface area contributed by atoms with Crippen molar-refractivity contribution >= 4 is 41.7 Å². The molecule has 1 amide bonds. The average Bonchev–Trinajstić information content (AvgIpc) is 2.59. The zero-order chi connectivity index (χ0) is 67.3. The van der Waals surface area contributed by atoms with Gasteiger partial charge in [-0.15, -0.1) is 0 Å². The van der Waals surface area contributed by atoms with Crippen molar-refractivity contribution in [3.63, 3.8) is 0 Å². The number of carbonyl (C=O) groups is 7. The fourth-order valence-electron chi connectivity index (χ4n) is 8.37. The molecule has 10 atom stereocenters. The Morgan fingerprint density at radius 1 is 0.500 bits per heavy atom. The Hall–Kier alpha value is -3.79. The summed E-state index contributed by atoms with van der Waals surface area (Å²) in [6, 6.07) is -1.84. The van der Waals surface area contributed by atoms with Gasteiger partial charge in [0.1, 0.15) is 18.8 Å². The van der Waals surface area contributed by atoms with Crippen LogP contribution < -0.4 is 5.32 Å². The Labute approximate surface area is 446 Å². The minimum absolute atomic E-state index is 0.177. The molecule has 1 N–H and O–H groups in total. The number of hydrogen-bond donors (Lipinski definition) is 1. The number of esters is 6. The highest BCUT2D eigenvalue weighted by atomic mass is 16.7. The van der Waals surface area contributed by atoms with E-state index in [1.165, 1.54) is 6.42 Å². The second kappa shape index (κ2) is 38.8. The molecular formula is C54H95NO15. The maximum atomic E-state index is 14.5. The molecule has 1 fully saturated rings. The molecule has 70 heavy (non-hydrogen) atoms. The maximum Gasteiger partial charge on any atom is 0.303 e. The lowest BCUT2D eigenvalue weighted by atomic mass is 9.99. The first kappa shape index (κ1) is 39.7. The molecule has 16 nitrogen and oxygen atoms in total. The molecule has 5 unspecified atom stereocenters. The summed E-state index contributed by atoms with van der Waals surface area (Å²) in [5, 5.41) is 2.48. The van der Waals surface area contributed by atoms with Crippen LogP contribution in [0.2, 0.25) is 0 Å². The molecule has 0 radical (unpaired) electrons. The molecule has 0 aliphatic carbocycles. The number of amides is 1. The summed E-state index contributed by atoms with van der Waals surface area (Å²) in [5.74, 6) is -11.8. The van der Waals surface area contributed by atoms with Gasteiger partial charge in [-0.2, -0.15) is 0 Å². The van der Waals surface area contributed by atoms with Crippen LogP contribution in [0.5, 0.6) is 0 Å². The van der Waals surface area contributed by atoms with E-state index in [0.29, 0.717) is 37.5 Å². The van der Waals surface area contributed by atoms with Gasteiger partial charge in [-0.05, 0) is 37.5 Å². The van der Waals surface area contributed by atoms with Crippen LogP contribution in [-0.4, -0.2) is 104 Å². The molecule has 0 aromatic carbocycles. The lowest BCUT2D eigenvalue weighted by Crippen LogP contribution is -2.52. The number of carbonyl (C=O) groups excluding carboxylic acids is 7. The molecule has 1 saturated heterocycles. The van der Waals surface area contributed by atoms with Gasteiger partial charge < -0.3 is 43.2 Å². The number of nitrogens with one attached hydrogen (secondary N) is 1. The Kier molecular flexibility index (Phi) is 22.0. The lowest BCUT2D eigenvalue weighted by molar-refractivity contribution is -0.204. The van der Waals surface area contributed by atoms with Crippen LogP contribution in [0.25, 0.3) is 0 Å². The molecule has 1 aliphatic rings. The van der Waals surface area contributed by atoms with Gasteiger partial charge in [-0.1, -0.05) is 163 Å². The van der Waals surface area contributed by atoms with Crippen molar-refractivity contribution in [2.75, 3.05) is 13.2 Å². The second-order valence-corrected chi connectivity index (χ2v) is 18.4. The van der Waals surface area contributed by atoms with Crippen molar-refractivity contribution < 1.29 is 96.1 Å². The quantitative estimate of drug-likeness (QED) is 0.0344. The summed E-state index contributed by atoms with van der Waals surface area (Å²) in [6.07, 6.45) is 3.71. The summed E-state index contributed by atoms with van der Waals surface area (Å²) in [5.41, 5.74) is 0. The second-order valence-electron chi connectivity index (χ2n) is 18.4. The van der Waals surface area contributed by atoms with Crippen LogP contribution in [-0.2, 0) is 71.5 Å². The van der Waals surface area contributed by atoms with Crippen molar-refractivity contribution in [1.29, 1.82) is 0 Å². The molecule has 0 bridgehead atoms. The molecule has 0 saturated carbocycles. The highest BCUT2D eigenvalue weighted by Crippen LogP contribution is 2.32. The van der Waals surface area contributed by atoms with Gasteiger partial charge in [0.2, 0.25) is 0 Å². The van der Waals surface area contributed by atoms with Crippen LogP contribution in [0, 0.1) is 11.8 Å². The van der Waals surface area contributed by atoms with Gasteiger partial charge in [-0.3, -0.25) is 33.6 Å². The monoisotopic (exact) mass is 1020 g/mol. The summed E-state index contributed by atoms with van der Waals surface area (Å²) in [6.45, 7) is -15.2. The highest BCUT2D eigenvalue weighted by Gasteiger charge is 2.54. The molecule has 1 heterocycles. The first-order valence-corrected chi connectivity index (χ1v) is 25.4. The van der Waals surface area contributed by atoms with Crippen LogP contribution >= 0.6 is 0 Å². The molecular weight excluding hydrogens is 903 g/mol. The minimum atomic E-state index is -3.70. The van der Waals surface area contributed by atoms with E-state index in [0.717, 1.165) is 103 Å². The van der Waals surface area contributed by atoms with Crippen molar-refractivity contribution in [2.45, 2.75) is 278 Å². The number of ether oxygens (including phenoxy) is 8. The third kappa shape index (κ3) is 30.8. The van der Waals surface area contributed by atoms with E-state index in [1.807, 2.05) is 0 Å². The van der Waals surface area contributed by atoms with Crippen molar-refractivity contribution in [3.05, 3.63) is 0 Å². The fourth-order valence-corrected chi connectivity index (χ4v) is 8.37. The summed E-state index contributed by atoms with van der Waals surface area (Å²) in [7, 11) is 0. The minimum Gasteiger partial charge on any atom is -0.462 e. The molecule has 16 heteroatoms. The Morgan fingerprint density at radius 3 is 1.41 bits per heavy atom. The van der Waals surface area contributed by atoms with Gasteiger partial charge >= 0.3 is 35.8 Å². The SMILES string of the molecule is [2H]C([2H])([2H])C(=O)OC[C@@H](OC(=O)C([2H])([2H])[2H])[C@@H]1O[C@@H](OCC(NC(=O)C(CCCCCCCCCCCC(C)CC)OC(=O)C([2H])([2H])[2H])C(CCCCCCCCCCCCC(C)CC)OC(=O)C([2H])([2H])[2H])[C@H](OC(=O)C([2H])([2H])[2H])[C@H]1OC(=O)C([2H])([2H])[2H]. The standard InChI is InChI=1S/C54H95NO15/c1-11-38(3)32-28-24-20-16-13-14-18-22-26-30-34-47(65-41(6)57)46(55-53(62)48(66-42(7)58)35-31-27-23-19-15-17-21-25-29-33-39(4)12-2)36-64-54-52(69-45(10)61)51(68-44(9)60)50(70-54)49(67-43(8)59)37-63-40(5)56/h38-39,46-52,54H,11-37H2,1-10H3,(H,55,62)/t38?,39?,46?,47?,48?,49-,50+,51+,52-,54-/m1/s1/i5D3,6D3,7D3,8D3,9D3,10D3. The van der Waals surface area contributed by atoms with Crippen LogP contribution in [0.1, 0.15) is 254 Å². The Morgan fingerprint density at radius 2 is 0.929 bits per heavy atom. The first-order chi connectivity index (χ1) is 40.6. The summed E-state index contributed by atoms with van der Waals surface area (Å²) < 4.78 is 181. The van der Waals surface area contributed by atoms with E-state index in [-0.39, 0.29) is 25.7 Å². The van der Waals surface area contributed by atoms with Gasteiger partial charge in [0.05, 0.1) is 12.6 Å². The Balaban J connectivity index is 3.96. The predicted octanol–water partition coefficient (Wildman–Crippen LogP) is 10.5. The number of rotatable bonds is 41. The number of unbranched alkanes of at least 4 members (excludes halogenated alkanes) is 17. The van der Waals surface area contributed by atoms with Crippen molar-refractivity contribution in [2.24, 2.45) is 11.8 Å². The van der Waals surface area contributed by atoms with E-state index in [9.17, 15) is 33.6 Å². The van der Waals surface area contributed by atoms with Gasteiger partial charge in [0.15, 0.2) is 30.7 Å². The highest BCUT2D eigenvalue weighted by molar-refractivity contribution is 5.83. The summed E-state index contributed by atoms with van der Waals surface area (Å²) >= 11 is 0. The van der Waals surface area contributed by atoms with E-state index in [4.69, 9.17) is 62.6 Å². The third-order valence-electron chi connectivity index (χ3n) is 12.7. The van der Waals surface area contributed by atoms with Crippen LogP contribution in [0.15, 0.2) is 0 Å². The fraction of sp³-hybridized carbons (Fsp3) is 0.870. The normalized spacial score (nSPS) is 24.1. The van der Waals surface area contributed by atoms with E-state index in [2.05, 4.69) is 33.0 Å². The molecule has 406 valence electrons. The largest absolute Gasteiger partial charge is 0.462 e. The topological polar surface area (TPSA) is 205 Å². The lowest BCUT2D eigenvalue weighted by Gasteiger charge is -2.30. The number of hydrogen-bond acceptors (Lipinski definition) is 15. The average molecular weight is 1020 g/mol. The van der Waals surface area contributed by atoms with Crippen molar-refractivity contribution in [1.82, 2.24) is 5.32 Å². The van der Waals surface area contributed by atoms with Crippen LogP contribution in [0.4, 0.5) is 0 Å². The molecule has 0 aromatic heterocycles. The van der Waals surface area contributed by atoms with Crippen LogP contribution in [0.3, 0.4) is 0 Å². The van der Waals surface area contributed by atoms with Gasteiger partial charge in [0, 0.05) is 65.8 Å². The molecule has 0 spiro atoms. The maximum absolute atomic E-state index is 14.5. The van der Waals surface area contributed by atoms with E-state index < -0.39 is 145 Å². The molecule has 1 rings (SSSR count). The first-order valence-electron chi connectivity index (χ1n) is 34.4. The zero-order valence-corrected chi connectivity index (χ0v) is 42.0. The summed E-state index contributed by atoms with van der Waals surface area (Å²) in [4.78, 5) is 92.6. The smallest absolute Gasteiger partial charge is 0.303 e. The Bertz CT molecular complexity index is 2100. The molecule has 1 aliphatic heterocycles. The molecule has 0 aromatic rings. The van der Waals surface area contributed by atoms with E-state index >= 15 is 0 Å². The van der Waals surface area contributed by atoms with Gasteiger partial charge in [-0.25, -0.2) is 0 Å². The van der Waals surface area contributed by atoms with Gasteiger partial charge in [0.25, 0.3) is 5.91 Å². The third-order valence-corrected chi connectivity index (χ3v) is 12.7.